The second-order valence-corrected chi connectivity index (χ2v) is 8.92. The van der Waals surface area contributed by atoms with Gasteiger partial charge in [-0.1, -0.05) is 31.9 Å². The van der Waals surface area contributed by atoms with Crippen LogP contribution >= 0.6 is 11.3 Å². The third-order valence-corrected chi connectivity index (χ3v) is 7.24. The lowest BCUT2D eigenvalue weighted by Gasteiger charge is -2.37. The summed E-state index contributed by atoms with van der Waals surface area (Å²) in [6.45, 7) is 5.07. The molecule has 1 fully saturated rings. The number of thiophene rings is 1. The number of halogens is 1. The fourth-order valence-electron chi connectivity index (χ4n) is 4.63. The van der Waals surface area contributed by atoms with E-state index in [2.05, 4.69) is 19.2 Å². The first-order valence-corrected chi connectivity index (χ1v) is 10.8. The molecule has 0 saturated heterocycles. The normalized spacial score (nSPS) is 20.0. The van der Waals surface area contributed by atoms with Crippen molar-refractivity contribution in [2.45, 2.75) is 64.5 Å². The number of benzene rings is 1. The van der Waals surface area contributed by atoms with Gasteiger partial charge in [0, 0.05) is 22.3 Å². The number of nitrogens with zero attached hydrogens (tertiary/aromatic N) is 1. The van der Waals surface area contributed by atoms with Crippen molar-refractivity contribution in [1.29, 1.82) is 0 Å². The fraction of sp³-hybridized carbons (Fsp3) is 0.500. The van der Waals surface area contributed by atoms with Crippen LogP contribution in [-0.4, -0.2) is 23.5 Å². The Balaban J connectivity index is 1.71. The maximum atomic E-state index is 13.5. The van der Waals surface area contributed by atoms with Gasteiger partial charge in [0.1, 0.15) is 5.82 Å². The van der Waals surface area contributed by atoms with E-state index in [4.69, 9.17) is 0 Å². The molecule has 1 aliphatic heterocycles. The van der Waals surface area contributed by atoms with Crippen LogP contribution in [0.4, 0.5) is 9.18 Å². The predicted molar refractivity (Wildman–Crippen MR) is 108 cm³/mol. The van der Waals surface area contributed by atoms with E-state index < -0.39 is 0 Å². The van der Waals surface area contributed by atoms with Gasteiger partial charge in [0.05, 0.1) is 6.04 Å². The minimum absolute atomic E-state index is 0.0194. The molecule has 5 heteroatoms. The van der Waals surface area contributed by atoms with Crippen molar-refractivity contribution in [3.05, 3.63) is 56.5 Å². The molecule has 1 aliphatic carbocycles. The summed E-state index contributed by atoms with van der Waals surface area (Å²) in [7, 11) is 0. The molecule has 1 aromatic carbocycles. The number of fused-ring (bicyclic) bond motifs is 1. The Morgan fingerprint density at radius 2 is 1.96 bits per heavy atom. The molecule has 1 aromatic heterocycles. The third-order valence-electron chi connectivity index (χ3n) is 6.00. The van der Waals surface area contributed by atoms with Crippen LogP contribution in [0.5, 0.6) is 0 Å². The van der Waals surface area contributed by atoms with Gasteiger partial charge in [-0.15, -0.1) is 11.3 Å². The molecule has 2 amide bonds. The number of rotatable bonds is 3. The summed E-state index contributed by atoms with van der Waals surface area (Å²) in [4.78, 5) is 17.7. The highest BCUT2D eigenvalue weighted by Gasteiger charge is 2.36. The molecule has 1 N–H and O–H groups in total. The summed E-state index contributed by atoms with van der Waals surface area (Å²) in [6.07, 6.45) is 6.45. The van der Waals surface area contributed by atoms with Crippen LogP contribution in [0.1, 0.15) is 65.1 Å². The van der Waals surface area contributed by atoms with Gasteiger partial charge in [0.2, 0.25) is 0 Å². The number of nitrogens with one attached hydrogen (secondary N) is 1. The number of hydrogen-bond donors (Lipinski definition) is 1. The lowest BCUT2D eigenvalue weighted by molar-refractivity contribution is 0.177. The van der Waals surface area contributed by atoms with E-state index in [0.717, 1.165) is 31.2 Å². The fourth-order valence-corrected chi connectivity index (χ4v) is 6.08. The minimum atomic E-state index is -0.242. The van der Waals surface area contributed by atoms with Crippen molar-refractivity contribution in [3.8, 4) is 0 Å². The van der Waals surface area contributed by atoms with E-state index in [-0.39, 0.29) is 17.9 Å². The zero-order valence-electron chi connectivity index (χ0n) is 16.1. The molecule has 27 heavy (non-hydrogen) atoms. The van der Waals surface area contributed by atoms with Crippen LogP contribution in [0, 0.1) is 12.7 Å². The maximum absolute atomic E-state index is 13.5. The molecule has 0 bridgehead atoms. The standard InChI is InChI=1S/C22H27FN2OS/c1-3-18-14(2)27-21-19(18)12-13-25(22(26)24-17-6-4-5-7-17)20(21)15-8-10-16(23)11-9-15/h8-11,17,20H,3-7,12-13H2,1-2H3,(H,24,26)/t20-/m0/s1. The lowest BCUT2D eigenvalue weighted by atomic mass is 9.92. The summed E-state index contributed by atoms with van der Waals surface area (Å²) in [5.74, 6) is -0.242. The van der Waals surface area contributed by atoms with Gasteiger partial charge in [-0.3, -0.25) is 0 Å². The van der Waals surface area contributed by atoms with E-state index in [9.17, 15) is 9.18 Å². The molecule has 0 spiro atoms. The molecule has 3 nitrogen and oxygen atoms in total. The van der Waals surface area contributed by atoms with E-state index in [1.807, 2.05) is 17.0 Å². The summed E-state index contributed by atoms with van der Waals surface area (Å²) in [5.41, 5.74) is 3.82. The zero-order chi connectivity index (χ0) is 19.0. The molecule has 1 atom stereocenters. The van der Waals surface area contributed by atoms with Crippen molar-refractivity contribution < 1.29 is 9.18 Å². The van der Waals surface area contributed by atoms with Crippen molar-refractivity contribution in [1.82, 2.24) is 10.2 Å². The smallest absolute Gasteiger partial charge is 0.318 e. The summed E-state index contributed by atoms with van der Waals surface area (Å²) < 4.78 is 13.5. The second kappa shape index (κ2) is 7.63. The highest BCUT2D eigenvalue weighted by molar-refractivity contribution is 7.12. The Morgan fingerprint density at radius 1 is 1.26 bits per heavy atom. The molecule has 2 aromatic rings. The first-order valence-electron chi connectivity index (χ1n) is 10.0. The number of carbonyl (C=O) groups excluding carboxylic acids is 1. The van der Waals surface area contributed by atoms with Crippen LogP contribution in [0.2, 0.25) is 0 Å². The number of aryl methyl sites for hydroxylation is 1. The van der Waals surface area contributed by atoms with Crippen molar-refractivity contribution in [2.24, 2.45) is 0 Å². The van der Waals surface area contributed by atoms with Crippen molar-refractivity contribution in [3.63, 3.8) is 0 Å². The Hall–Kier alpha value is -1.88. The van der Waals surface area contributed by atoms with E-state index in [1.54, 1.807) is 11.3 Å². The van der Waals surface area contributed by atoms with Crippen LogP contribution in [0.25, 0.3) is 0 Å². The molecule has 0 unspecified atom stereocenters. The average molecular weight is 387 g/mol. The Kier molecular flexibility index (Phi) is 5.22. The Morgan fingerprint density at radius 3 is 2.63 bits per heavy atom. The molecule has 1 saturated carbocycles. The largest absolute Gasteiger partial charge is 0.335 e. The quantitative estimate of drug-likeness (QED) is 0.757. The van der Waals surface area contributed by atoms with Crippen molar-refractivity contribution in [2.75, 3.05) is 6.54 Å². The Labute approximate surface area is 164 Å². The van der Waals surface area contributed by atoms with Gasteiger partial charge in [-0.25, -0.2) is 9.18 Å². The molecule has 4 rings (SSSR count). The summed E-state index contributed by atoms with van der Waals surface area (Å²) in [6, 6.07) is 6.84. The maximum Gasteiger partial charge on any atom is 0.318 e. The van der Waals surface area contributed by atoms with Gasteiger partial charge in [0.25, 0.3) is 0 Å². The van der Waals surface area contributed by atoms with Gasteiger partial charge in [-0.05, 0) is 61.4 Å². The molecular formula is C22H27FN2OS. The number of carbonyl (C=O) groups is 1. The van der Waals surface area contributed by atoms with Gasteiger partial charge in [0.15, 0.2) is 0 Å². The van der Waals surface area contributed by atoms with E-state index in [1.165, 1.54) is 45.9 Å². The average Bonchev–Trinajstić information content (AvgIpc) is 3.28. The van der Waals surface area contributed by atoms with Crippen LogP contribution in [-0.2, 0) is 12.8 Å². The molecule has 2 aliphatic rings. The second-order valence-electron chi connectivity index (χ2n) is 7.66. The van der Waals surface area contributed by atoms with E-state index in [0.29, 0.717) is 12.6 Å². The lowest BCUT2D eigenvalue weighted by Crippen LogP contribution is -2.48. The predicted octanol–water partition coefficient (Wildman–Crippen LogP) is 5.36. The SMILES string of the molecule is CCc1c(C)sc2c1CCN(C(=O)NC1CCCC1)[C@H]2c1ccc(F)cc1. The van der Waals surface area contributed by atoms with Crippen LogP contribution < -0.4 is 5.32 Å². The topological polar surface area (TPSA) is 32.3 Å². The van der Waals surface area contributed by atoms with Gasteiger partial charge < -0.3 is 10.2 Å². The van der Waals surface area contributed by atoms with E-state index >= 15 is 0 Å². The van der Waals surface area contributed by atoms with Crippen LogP contribution in [0.3, 0.4) is 0 Å². The monoisotopic (exact) mass is 386 g/mol. The van der Waals surface area contributed by atoms with Crippen LogP contribution in [0.15, 0.2) is 24.3 Å². The first-order chi connectivity index (χ1) is 13.1. The number of hydrogen-bond acceptors (Lipinski definition) is 2. The first kappa shape index (κ1) is 18.5. The Bertz CT molecular complexity index is 824. The highest BCUT2D eigenvalue weighted by Crippen LogP contribution is 2.43. The van der Waals surface area contributed by atoms with Gasteiger partial charge in [-0.2, -0.15) is 0 Å². The molecular weight excluding hydrogens is 359 g/mol. The number of urea groups is 1. The highest BCUT2D eigenvalue weighted by atomic mass is 32.1. The summed E-state index contributed by atoms with van der Waals surface area (Å²) >= 11 is 1.80. The number of amides is 2. The van der Waals surface area contributed by atoms with Gasteiger partial charge >= 0.3 is 6.03 Å². The molecule has 144 valence electrons. The molecule has 0 radical (unpaired) electrons. The third kappa shape index (κ3) is 3.49. The molecule has 2 heterocycles. The minimum Gasteiger partial charge on any atom is -0.335 e. The zero-order valence-corrected chi connectivity index (χ0v) is 16.9. The summed E-state index contributed by atoms with van der Waals surface area (Å²) in [5, 5.41) is 3.24. The van der Waals surface area contributed by atoms with Crippen molar-refractivity contribution >= 4 is 17.4 Å².